The Morgan fingerprint density at radius 3 is 3.16 bits per heavy atom. The summed E-state index contributed by atoms with van der Waals surface area (Å²) in [6, 6.07) is 5.97. The predicted molar refractivity (Wildman–Crippen MR) is 96.1 cm³/mol. The van der Waals surface area contributed by atoms with Gasteiger partial charge < -0.3 is 9.88 Å². The number of aromatic nitrogens is 4. The molecule has 2 N–H and O–H groups in total. The first-order valence-electron chi connectivity index (χ1n) is 8.08. The van der Waals surface area contributed by atoms with Gasteiger partial charge in [0.15, 0.2) is 5.16 Å². The number of H-pyrrole nitrogens is 1. The van der Waals surface area contributed by atoms with E-state index in [0.29, 0.717) is 22.8 Å². The van der Waals surface area contributed by atoms with Gasteiger partial charge in [-0.2, -0.15) is 5.10 Å². The van der Waals surface area contributed by atoms with Gasteiger partial charge in [0, 0.05) is 29.9 Å². The molecule has 25 heavy (non-hydrogen) atoms. The van der Waals surface area contributed by atoms with Crippen LogP contribution in [0.1, 0.15) is 28.9 Å². The van der Waals surface area contributed by atoms with Crippen molar-refractivity contribution in [1.29, 1.82) is 0 Å². The topological polar surface area (TPSA) is 92.7 Å². The SMILES string of the molecule is C[C@@H]1Cc2cccc3c(=O)c(C(=O)NCCSc4ncn[nH]4)cn1c23. The molecule has 2 aromatic heterocycles. The lowest BCUT2D eigenvalue weighted by atomic mass is 10.1. The number of hydrogen-bond donors (Lipinski definition) is 2. The zero-order valence-corrected chi connectivity index (χ0v) is 14.5. The molecule has 0 spiro atoms. The van der Waals surface area contributed by atoms with E-state index in [-0.39, 0.29) is 22.9 Å². The standard InChI is InChI=1S/C17H17N5O2S/c1-10-7-11-3-2-4-12-14(11)22(10)8-13(15(12)23)16(24)18-5-6-25-17-19-9-20-21-17/h2-4,8-10H,5-7H2,1H3,(H,18,24)(H,19,20,21)/t10-/m1/s1. The molecule has 0 saturated carbocycles. The second kappa shape index (κ2) is 6.36. The first-order valence-corrected chi connectivity index (χ1v) is 9.07. The van der Waals surface area contributed by atoms with Gasteiger partial charge in [-0.1, -0.05) is 23.9 Å². The maximum Gasteiger partial charge on any atom is 0.256 e. The monoisotopic (exact) mass is 355 g/mol. The number of nitrogens with one attached hydrogen (secondary N) is 2. The van der Waals surface area contributed by atoms with E-state index < -0.39 is 0 Å². The van der Waals surface area contributed by atoms with Crippen molar-refractivity contribution in [2.45, 2.75) is 24.5 Å². The highest BCUT2D eigenvalue weighted by Gasteiger charge is 2.24. The quantitative estimate of drug-likeness (QED) is 0.537. The van der Waals surface area contributed by atoms with Crippen LogP contribution in [0.25, 0.3) is 10.9 Å². The third-order valence-electron chi connectivity index (χ3n) is 4.39. The van der Waals surface area contributed by atoms with Crippen LogP contribution in [0.4, 0.5) is 0 Å². The van der Waals surface area contributed by atoms with Gasteiger partial charge in [-0.15, -0.1) is 0 Å². The summed E-state index contributed by atoms with van der Waals surface area (Å²) in [4.78, 5) is 29.2. The fourth-order valence-corrected chi connectivity index (χ4v) is 3.89. The number of carbonyl (C=O) groups excluding carboxylic acids is 1. The molecule has 128 valence electrons. The maximum atomic E-state index is 12.7. The van der Waals surface area contributed by atoms with Gasteiger partial charge in [0.1, 0.15) is 11.9 Å². The number of pyridine rings is 1. The van der Waals surface area contributed by atoms with Gasteiger partial charge in [-0.25, -0.2) is 4.98 Å². The lowest BCUT2D eigenvalue weighted by Gasteiger charge is -2.12. The maximum absolute atomic E-state index is 12.7. The molecule has 0 aliphatic carbocycles. The summed E-state index contributed by atoms with van der Waals surface area (Å²) in [6.07, 6.45) is 4.02. The molecule has 1 atom stereocenters. The van der Waals surface area contributed by atoms with Crippen molar-refractivity contribution in [2.75, 3.05) is 12.3 Å². The van der Waals surface area contributed by atoms with Gasteiger partial charge >= 0.3 is 0 Å². The molecule has 1 aromatic carbocycles. The van der Waals surface area contributed by atoms with E-state index in [0.717, 1.165) is 17.5 Å². The fraction of sp³-hybridized carbons (Fsp3) is 0.294. The van der Waals surface area contributed by atoms with Crippen LogP contribution in [0.2, 0.25) is 0 Å². The van der Waals surface area contributed by atoms with Crippen LogP contribution in [-0.2, 0) is 6.42 Å². The lowest BCUT2D eigenvalue weighted by molar-refractivity contribution is 0.0954. The third-order valence-corrected chi connectivity index (χ3v) is 5.27. The Hall–Kier alpha value is -2.61. The number of para-hydroxylation sites is 1. The van der Waals surface area contributed by atoms with E-state index in [1.807, 2.05) is 16.7 Å². The van der Waals surface area contributed by atoms with E-state index in [2.05, 4.69) is 27.4 Å². The first-order chi connectivity index (χ1) is 12.1. The van der Waals surface area contributed by atoms with Crippen molar-refractivity contribution in [1.82, 2.24) is 25.1 Å². The average Bonchev–Trinajstić information content (AvgIpc) is 3.23. The average molecular weight is 355 g/mol. The van der Waals surface area contributed by atoms with E-state index in [1.54, 1.807) is 12.3 Å². The summed E-state index contributed by atoms with van der Waals surface area (Å²) >= 11 is 1.46. The Labute approximate surface area is 147 Å². The molecule has 0 bridgehead atoms. The Morgan fingerprint density at radius 1 is 1.48 bits per heavy atom. The highest BCUT2D eigenvalue weighted by atomic mass is 32.2. The molecule has 3 heterocycles. The minimum absolute atomic E-state index is 0.197. The second-order valence-electron chi connectivity index (χ2n) is 6.04. The number of amides is 1. The highest BCUT2D eigenvalue weighted by Crippen LogP contribution is 2.30. The molecule has 4 rings (SSSR count). The second-order valence-corrected chi connectivity index (χ2v) is 7.12. The summed E-state index contributed by atoms with van der Waals surface area (Å²) < 4.78 is 2.05. The minimum Gasteiger partial charge on any atom is -0.351 e. The Bertz CT molecular complexity index is 996. The molecule has 0 saturated heterocycles. The lowest BCUT2D eigenvalue weighted by Crippen LogP contribution is -2.31. The largest absolute Gasteiger partial charge is 0.351 e. The zero-order valence-electron chi connectivity index (χ0n) is 13.7. The number of carbonyl (C=O) groups is 1. The Morgan fingerprint density at radius 2 is 2.36 bits per heavy atom. The summed E-state index contributed by atoms with van der Waals surface area (Å²) in [5.41, 5.74) is 2.11. The number of rotatable bonds is 5. The van der Waals surface area contributed by atoms with Gasteiger partial charge in [-0.3, -0.25) is 14.7 Å². The van der Waals surface area contributed by atoms with Crippen LogP contribution in [0.5, 0.6) is 0 Å². The van der Waals surface area contributed by atoms with E-state index in [9.17, 15) is 9.59 Å². The number of benzene rings is 1. The van der Waals surface area contributed by atoms with Crippen LogP contribution in [0.3, 0.4) is 0 Å². The summed E-state index contributed by atoms with van der Waals surface area (Å²) in [5.74, 6) is 0.307. The summed E-state index contributed by atoms with van der Waals surface area (Å²) in [5, 5.41) is 10.6. The number of hydrogen-bond acceptors (Lipinski definition) is 5. The Kier molecular flexibility index (Phi) is 4.04. The van der Waals surface area contributed by atoms with Crippen LogP contribution < -0.4 is 10.7 Å². The molecule has 7 nitrogen and oxygen atoms in total. The van der Waals surface area contributed by atoms with Gasteiger partial charge in [0.05, 0.1) is 5.52 Å². The first kappa shape index (κ1) is 15.9. The van der Waals surface area contributed by atoms with Gasteiger partial charge in [-0.05, 0) is 25.0 Å². The van der Waals surface area contributed by atoms with Gasteiger partial charge in [0.25, 0.3) is 5.91 Å². The van der Waals surface area contributed by atoms with E-state index >= 15 is 0 Å². The van der Waals surface area contributed by atoms with Crippen molar-refractivity contribution in [3.63, 3.8) is 0 Å². The molecule has 1 aliphatic rings. The predicted octanol–water partition coefficient (Wildman–Crippen LogP) is 1.76. The van der Waals surface area contributed by atoms with Crippen molar-refractivity contribution in [2.24, 2.45) is 0 Å². The molecule has 0 unspecified atom stereocenters. The summed E-state index contributed by atoms with van der Waals surface area (Å²) in [7, 11) is 0. The van der Waals surface area contributed by atoms with E-state index in [1.165, 1.54) is 18.1 Å². The van der Waals surface area contributed by atoms with Crippen molar-refractivity contribution < 1.29 is 4.79 Å². The molecular weight excluding hydrogens is 338 g/mol. The smallest absolute Gasteiger partial charge is 0.256 e. The number of thioether (sulfide) groups is 1. The zero-order chi connectivity index (χ0) is 17.4. The molecule has 3 aromatic rings. The molecule has 0 radical (unpaired) electrons. The fourth-order valence-electron chi connectivity index (χ4n) is 3.25. The Balaban J connectivity index is 1.54. The van der Waals surface area contributed by atoms with Crippen LogP contribution in [0, 0.1) is 0 Å². The van der Waals surface area contributed by atoms with Crippen LogP contribution in [-0.4, -0.2) is 38.0 Å². The van der Waals surface area contributed by atoms with Crippen molar-refractivity contribution in [3.05, 3.63) is 52.1 Å². The molecule has 1 amide bonds. The highest BCUT2D eigenvalue weighted by molar-refractivity contribution is 7.99. The third kappa shape index (κ3) is 2.82. The number of aromatic amines is 1. The van der Waals surface area contributed by atoms with Crippen molar-refractivity contribution in [3.8, 4) is 0 Å². The molecule has 0 fully saturated rings. The van der Waals surface area contributed by atoms with Crippen LogP contribution in [0.15, 0.2) is 40.7 Å². The summed E-state index contributed by atoms with van der Waals surface area (Å²) in [6.45, 7) is 2.54. The molecule has 8 heteroatoms. The van der Waals surface area contributed by atoms with Gasteiger partial charge in [0.2, 0.25) is 5.43 Å². The minimum atomic E-state index is -0.335. The molecule has 1 aliphatic heterocycles. The number of nitrogens with zero attached hydrogens (tertiary/aromatic N) is 3. The normalized spacial score (nSPS) is 15.6. The van der Waals surface area contributed by atoms with E-state index in [4.69, 9.17) is 0 Å². The molecular formula is C17H17N5O2S. The van der Waals surface area contributed by atoms with Crippen molar-refractivity contribution >= 4 is 28.6 Å². The van der Waals surface area contributed by atoms with Crippen LogP contribution >= 0.6 is 11.8 Å².